The van der Waals surface area contributed by atoms with E-state index in [0.717, 1.165) is 23.0 Å². The van der Waals surface area contributed by atoms with E-state index in [4.69, 9.17) is 27.1 Å². The number of hydrogen-bond donors (Lipinski definition) is 1. The highest BCUT2D eigenvalue weighted by Crippen LogP contribution is 2.33. The fourth-order valence-electron chi connectivity index (χ4n) is 2.20. The van der Waals surface area contributed by atoms with Gasteiger partial charge in [0.25, 0.3) is 0 Å². The molecule has 3 rings (SSSR count). The van der Waals surface area contributed by atoms with E-state index in [9.17, 15) is 0 Å². The number of ether oxygens (including phenoxy) is 1. The minimum atomic E-state index is 0.197. The number of nitrogens with two attached hydrogens (primary N) is 1. The van der Waals surface area contributed by atoms with Crippen LogP contribution in [0.5, 0.6) is 5.75 Å². The van der Waals surface area contributed by atoms with E-state index in [0.29, 0.717) is 18.1 Å². The standard InChI is InChI=1S/C15H15N3O2S/c1-18-9-10(8-17-18)6-7-19-13-11-4-2-3-5-12(11)20-14(13)15(16)21/h2-5,8-9H,6-7H2,1H3,(H2,16,21). The number of para-hydroxylation sites is 1. The van der Waals surface area contributed by atoms with Gasteiger partial charge in [-0.2, -0.15) is 5.10 Å². The Morgan fingerprint density at radius 3 is 2.95 bits per heavy atom. The van der Waals surface area contributed by atoms with Gasteiger partial charge in [0.15, 0.2) is 5.75 Å². The van der Waals surface area contributed by atoms with Gasteiger partial charge in [-0.05, 0) is 17.7 Å². The molecule has 0 atom stereocenters. The van der Waals surface area contributed by atoms with Gasteiger partial charge in [0.05, 0.1) is 18.2 Å². The lowest BCUT2D eigenvalue weighted by atomic mass is 10.2. The largest absolute Gasteiger partial charge is 0.488 e. The van der Waals surface area contributed by atoms with Crippen LogP contribution < -0.4 is 10.5 Å². The topological polar surface area (TPSA) is 66.2 Å². The van der Waals surface area contributed by atoms with Gasteiger partial charge in [-0.25, -0.2) is 0 Å². The van der Waals surface area contributed by atoms with Crippen LogP contribution in [0.25, 0.3) is 11.0 Å². The lowest BCUT2D eigenvalue weighted by Gasteiger charge is -2.05. The van der Waals surface area contributed by atoms with Gasteiger partial charge in [-0.1, -0.05) is 24.4 Å². The molecule has 21 heavy (non-hydrogen) atoms. The summed E-state index contributed by atoms with van der Waals surface area (Å²) in [5.41, 5.74) is 7.54. The molecule has 0 saturated carbocycles. The maximum absolute atomic E-state index is 5.87. The number of hydrogen-bond acceptors (Lipinski definition) is 4. The average Bonchev–Trinajstić information content (AvgIpc) is 3.03. The predicted octanol–water partition coefficient (Wildman–Crippen LogP) is 2.42. The molecule has 0 aliphatic carbocycles. The van der Waals surface area contributed by atoms with E-state index in [-0.39, 0.29) is 4.99 Å². The Hall–Kier alpha value is -2.34. The Kier molecular flexibility index (Phi) is 3.62. The first-order valence-corrected chi connectivity index (χ1v) is 6.97. The molecule has 0 saturated heterocycles. The highest BCUT2D eigenvalue weighted by molar-refractivity contribution is 7.80. The predicted molar refractivity (Wildman–Crippen MR) is 84.5 cm³/mol. The van der Waals surface area contributed by atoms with Gasteiger partial charge in [0.2, 0.25) is 5.76 Å². The first-order valence-electron chi connectivity index (χ1n) is 6.57. The third-order valence-electron chi connectivity index (χ3n) is 3.17. The number of thiocarbonyl (C=S) groups is 1. The van der Waals surface area contributed by atoms with Crippen molar-refractivity contribution in [2.24, 2.45) is 12.8 Å². The van der Waals surface area contributed by atoms with Crippen LogP contribution in [0, 0.1) is 0 Å². The Morgan fingerprint density at radius 1 is 1.43 bits per heavy atom. The molecule has 0 spiro atoms. The van der Waals surface area contributed by atoms with Crippen LogP contribution in [0.3, 0.4) is 0 Å². The average molecular weight is 301 g/mol. The van der Waals surface area contributed by atoms with E-state index in [1.807, 2.05) is 43.7 Å². The third kappa shape index (κ3) is 2.75. The highest BCUT2D eigenvalue weighted by atomic mass is 32.1. The lowest BCUT2D eigenvalue weighted by Crippen LogP contribution is -2.11. The molecule has 0 radical (unpaired) electrons. The zero-order valence-electron chi connectivity index (χ0n) is 11.6. The Balaban J connectivity index is 1.82. The molecule has 2 heterocycles. The minimum absolute atomic E-state index is 0.197. The van der Waals surface area contributed by atoms with Gasteiger partial charge in [-0.3, -0.25) is 4.68 Å². The van der Waals surface area contributed by atoms with Crippen LogP contribution in [0.15, 0.2) is 41.1 Å². The van der Waals surface area contributed by atoms with Gasteiger partial charge >= 0.3 is 0 Å². The van der Waals surface area contributed by atoms with E-state index >= 15 is 0 Å². The number of nitrogens with zero attached hydrogens (tertiary/aromatic N) is 2. The second-order valence-electron chi connectivity index (χ2n) is 4.74. The summed E-state index contributed by atoms with van der Waals surface area (Å²) in [6.45, 7) is 0.505. The molecule has 0 bridgehead atoms. The second kappa shape index (κ2) is 5.57. The Labute approximate surface area is 127 Å². The summed E-state index contributed by atoms with van der Waals surface area (Å²) < 4.78 is 13.3. The van der Waals surface area contributed by atoms with Crippen molar-refractivity contribution in [2.45, 2.75) is 6.42 Å². The van der Waals surface area contributed by atoms with Gasteiger partial charge in [-0.15, -0.1) is 0 Å². The van der Waals surface area contributed by atoms with Gasteiger partial charge < -0.3 is 14.9 Å². The first kappa shape index (κ1) is 13.6. The van der Waals surface area contributed by atoms with Crippen molar-refractivity contribution in [3.63, 3.8) is 0 Å². The van der Waals surface area contributed by atoms with Crippen LogP contribution in [0.4, 0.5) is 0 Å². The number of furan rings is 1. The molecule has 5 nitrogen and oxygen atoms in total. The molecule has 6 heteroatoms. The fraction of sp³-hybridized carbons (Fsp3) is 0.200. The quantitative estimate of drug-likeness (QED) is 0.733. The van der Waals surface area contributed by atoms with Crippen LogP contribution >= 0.6 is 12.2 Å². The molecule has 3 aromatic rings. The molecule has 0 amide bonds. The smallest absolute Gasteiger partial charge is 0.204 e. The van der Waals surface area contributed by atoms with Crippen LogP contribution in [0.2, 0.25) is 0 Å². The van der Waals surface area contributed by atoms with Crippen molar-refractivity contribution < 1.29 is 9.15 Å². The van der Waals surface area contributed by atoms with Crippen molar-refractivity contribution >= 4 is 28.2 Å². The number of benzene rings is 1. The van der Waals surface area contributed by atoms with Crippen molar-refractivity contribution in [3.05, 3.63) is 48.0 Å². The molecule has 2 N–H and O–H groups in total. The van der Waals surface area contributed by atoms with E-state index in [2.05, 4.69) is 5.10 Å². The van der Waals surface area contributed by atoms with E-state index in [1.54, 1.807) is 4.68 Å². The van der Waals surface area contributed by atoms with Crippen molar-refractivity contribution in [2.75, 3.05) is 6.61 Å². The number of fused-ring (bicyclic) bond motifs is 1. The van der Waals surface area contributed by atoms with Crippen LogP contribution in [-0.2, 0) is 13.5 Å². The Bertz CT molecular complexity index is 791. The maximum Gasteiger partial charge on any atom is 0.204 e. The fourth-order valence-corrected chi connectivity index (χ4v) is 2.33. The third-order valence-corrected chi connectivity index (χ3v) is 3.35. The summed E-state index contributed by atoms with van der Waals surface area (Å²) >= 11 is 5.03. The molecular weight excluding hydrogens is 286 g/mol. The molecule has 0 fully saturated rings. The summed E-state index contributed by atoms with van der Waals surface area (Å²) in [4.78, 5) is 0.197. The van der Waals surface area contributed by atoms with E-state index in [1.165, 1.54) is 0 Å². The zero-order valence-corrected chi connectivity index (χ0v) is 12.4. The number of rotatable bonds is 5. The van der Waals surface area contributed by atoms with Crippen LogP contribution in [0.1, 0.15) is 11.3 Å². The molecule has 2 aromatic heterocycles. The first-order chi connectivity index (χ1) is 10.1. The van der Waals surface area contributed by atoms with Crippen molar-refractivity contribution in [1.82, 2.24) is 9.78 Å². The summed E-state index contributed by atoms with van der Waals surface area (Å²) in [6, 6.07) is 7.62. The normalized spacial score (nSPS) is 10.9. The second-order valence-corrected chi connectivity index (χ2v) is 5.18. The van der Waals surface area contributed by atoms with Gasteiger partial charge in [0.1, 0.15) is 10.6 Å². The SMILES string of the molecule is Cn1cc(CCOc2c(C(N)=S)oc3ccccc23)cn1. The van der Waals surface area contributed by atoms with E-state index < -0.39 is 0 Å². The summed E-state index contributed by atoms with van der Waals surface area (Å²) in [5.74, 6) is 1.04. The zero-order chi connectivity index (χ0) is 14.8. The maximum atomic E-state index is 5.87. The molecule has 0 aliphatic heterocycles. The molecule has 1 aromatic carbocycles. The van der Waals surface area contributed by atoms with Crippen LogP contribution in [-0.4, -0.2) is 21.4 Å². The molecule has 108 valence electrons. The molecule has 0 unspecified atom stereocenters. The summed E-state index contributed by atoms with van der Waals surface area (Å²) in [5, 5.41) is 5.01. The lowest BCUT2D eigenvalue weighted by molar-refractivity contribution is 0.320. The summed E-state index contributed by atoms with van der Waals surface area (Å²) in [6.07, 6.45) is 4.54. The number of aromatic nitrogens is 2. The monoisotopic (exact) mass is 301 g/mol. The summed E-state index contributed by atoms with van der Waals surface area (Å²) in [7, 11) is 1.89. The minimum Gasteiger partial charge on any atom is -0.488 e. The van der Waals surface area contributed by atoms with Crippen molar-refractivity contribution in [1.29, 1.82) is 0 Å². The molecule has 0 aliphatic rings. The van der Waals surface area contributed by atoms with Crippen molar-refractivity contribution in [3.8, 4) is 5.75 Å². The van der Waals surface area contributed by atoms with Gasteiger partial charge in [0, 0.05) is 19.7 Å². The highest BCUT2D eigenvalue weighted by Gasteiger charge is 2.17. The molecular formula is C15H15N3O2S. The Morgan fingerprint density at radius 2 is 2.24 bits per heavy atom. The number of aryl methyl sites for hydroxylation is 1.